The fraction of sp³-hybridized carbons (Fsp3) is 0.600. The maximum absolute atomic E-state index is 4.11. The van der Waals surface area contributed by atoms with Crippen LogP contribution in [0.4, 0.5) is 5.82 Å². The molecule has 0 bridgehead atoms. The predicted octanol–water partition coefficient (Wildman–Crippen LogP) is 1.90. The van der Waals surface area contributed by atoms with Crippen molar-refractivity contribution in [3.63, 3.8) is 0 Å². The van der Waals surface area contributed by atoms with Crippen molar-refractivity contribution in [3.05, 3.63) is 18.6 Å². The van der Waals surface area contributed by atoms with E-state index >= 15 is 0 Å². The number of aromatic nitrogens is 2. The molecule has 0 aliphatic rings. The smallest absolute Gasteiger partial charge is 0.199 e. The number of hydrogen-bond donors (Lipinski definition) is 0. The van der Waals surface area contributed by atoms with E-state index in [1.165, 1.54) is 0 Å². The monoisotopic (exact) mass is 178 g/mol. The minimum absolute atomic E-state index is 0.985. The van der Waals surface area contributed by atoms with Gasteiger partial charge in [-0.1, -0.05) is 13.8 Å². The molecule has 0 N–H and O–H groups in total. The van der Waals surface area contributed by atoms with Crippen molar-refractivity contribution in [2.24, 2.45) is 0 Å². The lowest BCUT2D eigenvalue weighted by Gasteiger charge is -2.21. The van der Waals surface area contributed by atoms with Crippen LogP contribution >= 0.6 is 0 Å². The molecule has 3 heteroatoms. The van der Waals surface area contributed by atoms with E-state index < -0.39 is 0 Å². The van der Waals surface area contributed by atoms with Gasteiger partial charge in [-0.05, 0) is 18.9 Å². The standard InChI is InChI=1S/C10H16N3/c1-3-7-13(8-4-2)10-5-6-11-9-12-10/h5-6H,3-4,7-8H2,1-2H3. The predicted molar refractivity (Wildman–Crippen MR) is 53.7 cm³/mol. The van der Waals surface area contributed by atoms with Crippen LogP contribution in [0.2, 0.25) is 0 Å². The average Bonchev–Trinajstić information content (AvgIpc) is 2.19. The number of rotatable bonds is 5. The summed E-state index contributed by atoms with van der Waals surface area (Å²) in [5, 5.41) is 0. The molecule has 0 fully saturated rings. The van der Waals surface area contributed by atoms with Gasteiger partial charge in [0.15, 0.2) is 6.33 Å². The van der Waals surface area contributed by atoms with Crippen molar-refractivity contribution in [1.29, 1.82) is 0 Å². The van der Waals surface area contributed by atoms with E-state index in [1.54, 1.807) is 6.20 Å². The van der Waals surface area contributed by atoms with Crippen molar-refractivity contribution in [3.8, 4) is 0 Å². The van der Waals surface area contributed by atoms with Gasteiger partial charge in [0.2, 0.25) is 0 Å². The fourth-order valence-electron chi connectivity index (χ4n) is 1.31. The van der Waals surface area contributed by atoms with Crippen molar-refractivity contribution in [1.82, 2.24) is 9.97 Å². The Morgan fingerprint density at radius 1 is 1.31 bits per heavy atom. The molecule has 0 spiro atoms. The van der Waals surface area contributed by atoms with Crippen molar-refractivity contribution in [2.75, 3.05) is 18.0 Å². The summed E-state index contributed by atoms with van der Waals surface area (Å²) < 4.78 is 0. The first kappa shape index (κ1) is 9.96. The summed E-state index contributed by atoms with van der Waals surface area (Å²) in [6.45, 7) is 6.46. The lowest BCUT2D eigenvalue weighted by atomic mass is 10.3. The van der Waals surface area contributed by atoms with E-state index in [1.807, 2.05) is 6.07 Å². The summed E-state index contributed by atoms with van der Waals surface area (Å²) in [5.74, 6) is 0.985. The summed E-state index contributed by atoms with van der Waals surface area (Å²) >= 11 is 0. The highest BCUT2D eigenvalue weighted by atomic mass is 15.2. The second-order valence-corrected chi connectivity index (χ2v) is 3.00. The van der Waals surface area contributed by atoms with Gasteiger partial charge in [0.25, 0.3) is 0 Å². The van der Waals surface area contributed by atoms with Crippen LogP contribution in [0.15, 0.2) is 12.3 Å². The van der Waals surface area contributed by atoms with E-state index in [9.17, 15) is 0 Å². The molecule has 1 heterocycles. The van der Waals surface area contributed by atoms with Crippen LogP contribution in [0.3, 0.4) is 0 Å². The third kappa shape index (κ3) is 3.01. The second kappa shape index (κ2) is 5.51. The number of anilines is 1. The molecule has 1 aromatic rings. The van der Waals surface area contributed by atoms with E-state index in [0.29, 0.717) is 0 Å². The normalized spacial score (nSPS) is 10.0. The highest BCUT2D eigenvalue weighted by Crippen LogP contribution is 2.08. The molecule has 0 aliphatic carbocycles. The first-order chi connectivity index (χ1) is 6.38. The van der Waals surface area contributed by atoms with Gasteiger partial charge < -0.3 is 4.90 Å². The van der Waals surface area contributed by atoms with Crippen molar-refractivity contribution in [2.45, 2.75) is 26.7 Å². The third-order valence-electron chi connectivity index (χ3n) is 1.83. The molecule has 0 saturated heterocycles. The van der Waals surface area contributed by atoms with Crippen LogP contribution in [-0.2, 0) is 0 Å². The first-order valence-electron chi connectivity index (χ1n) is 4.82. The molecule has 0 amide bonds. The molecular formula is C10H16N3. The quantitative estimate of drug-likeness (QED) is 0.689. The summed E-state index contributed by atoms with van der Waals surface area (Å²) in [6, 6.07) is 1.93. The zero-order valence-corrected chi connectivity index (χ0v) is 8.32. The van der Waals surface area contributed by atoms with Gasteiger partial charge in [-0.15, -0.1) is 0 Å². The Hall–Kier alpha value is -1.12. The Morgan fingerprint density at radius 2 is 2.00 bits per heavy atom. The second-order valence-electron chi connectivity index (χ2n) is 3.00. The number of nitrogens with zero attached hydrogens (tertiary/aromatic N) is 3. The zero-order valence-electron chi connectivity index (χ0n) is 8.32. The summed E-state index contributed by atoms with van der Waals surface area (Å²) in [6.07, 6.45) is 6.64. The van der Waals surface area contributed by atoms with Crippen LogP contribution in [0, 0.1) is 6.33 Å². The van der Waals surface area contributed by atoms with E-state index in [-0.39, 0.29) is 0 Å². The number of hydrogen-bond acceptors (Lipinski definition) is 3. The molecule has 0 unspecified atom stereocenters. The Morgan fingerprint density at radius 3 is 2.46 bits per heavy atom. The largest absolute Gasteiger partial charge is 0.357 e. The Bertz CT molecular complexity index is 217. The first-order valence-corrected chi connectivity index (χ1v) is 4.82. The lowest BCUT2D eigenvalue weighted by molar-refractivity contribution is 0.732. The molecular weight excluding hydrogens is 162 g/mol. The molecule has 0 aromatic carbocycles. The van der Waals surface area contributed by atoms with E-state index in [4.69, 9.17) is 0 Å². The summed E-state index contributed by atoms with van der Waals surface area (Å²) in [7, 11) is 0. The molecule has 1 radical (unpaired) electrons. The van der Waals surface area contributed by atoms with Crippen LogP contribution in [-0.4, -0.2) is 23.1 Å². The molecule has 1 aromatic heterocycles. The highest BCUT2D eigenvalue weighted by Gasteiger charge is 2.03. The van der Waals surface area contributed by atoms with Gasteiger partial charge in [-0.3, -0.25) is 0 Å². The van der Waals surface area contributed by atoms with Gasteiger partial charge >= 0.3 is 0 Å². The van der Waals surface area contributed by atoms with Crippen molar-refractivity contribution >= 4 is 5.82 Å². The molecule has 1 rings (SSSR count). The minimum atomic E-state index is 0.985. The Kier molecular flexibility index (Phi) is 4.23. The SMILES string of the molecule is CCCN(CCC)c1ccn[c]n1. The topological polar surface area (TPSA) is 29.0 Å². The Labute approximate surface area is 79.8 Å². The van der Waals surface area contributed by atoms with Gasteiger partial charge in [0, 0.05) is 19.3 Å². The fourth-order valence-corrected chi connectivity index (χ4v) is 1.31. The maximum Gasteiger partial charge on any atom is 0.199 e. The molecule has 0 saturated carbocycles. The van der Waals surface area contributed by atoms with Gasteiger partial charge in [-0.25, -0.2) is 9.97 Å². The Balaban J connectivity index is 2.64. The van der Waals surface area contributed by atoms with E-state index in [2.05, 4.69) is 35.0 Å². The molecule has 0 atom stereocenters. The van der Waals surface area contributed by atoms with Crippen LogP contribution < -0.4 is 4.90 Å². The average molecular weight is 178 g/mol. The summed E-state index contributed by atoms with van der Waals surface area (Å²) in [4.78, 5) is 10.2. The zero-order chi connectivity index (χ0) is 9.52. The third-order valence-corrected chi connectivity index (χ3v) is 1.83. The van der Waals surface area contributed by atoms with E-state index in [0.717, 1.165) is 31.7 Å². The summed E-state index contributed by atoms with van der Waals surface area (Å²) in [5.41, 5.74) is 0. The molecule has 0 aliphatic heterocycles. The minimum Gasteiger partial charge on any atom is -0.357 e. The molecule has 3 nitrogen and oxygen atoms in total. The van der Waals surface area contributed by atoms with Crippen LogP contribution in [0.5, 0.6) is 0 Å². The highest BCUT2D eigenvalue weighted by molar-refractivity contribution is 5.35. The molecule has 71 valence electrons. The molecule has 13 heavy (non-hydrogen) atoms. The van der Waals surface area contributed by atoms with Gasteiger partial charge in [0.05, 0.1) is 0 Å². The van der Waals surface area contributed by atoms with Crippen LogP contribution in [0.25, 0.3) is 0 Å². The van der Waals surface area contributed by atoms with Crippen molar-refractivity contribution < 1.29 is 0 Å². The lowest BCUT2D eigenvalue weighted by Crippen LogP contribution is -2.25. The maximum atomic E-state index is 4.11. The van der Waals surface area contributed by atoms with Gasteiger partial charge in [0.1, 0.15) is 5.82 Å². The van der Waals surface area contributed by atoms with Gasteiger partial charge in [-0.2, -0.15) is 0 Å². The van der Waals surface area contributed by atoms with Crippen LogP contribution in [0.1, 0.15) is 26.7 Å².